The van der Waals surface area contributed by atoms with Crippen molar-refractivity contribution in [2.24, 2.45) is 0 Å². The van der Waals surface area contributed by atoms with Crippen molar-refractivity contribution in [3.8, 4) is 0 Å². The second-order valence-corrected chi connectivity index (χ2v) is 6.33. The van der Waals surface area contributed by atoms with Gasteiger partial charge in [-0.15, -0.1) is 0 Å². The molecule has 0 aliphatic rings. The Labute approximate surface area is 118 Å². The molecule has 0 saturated heterocycles. The highest BCUT2D eigenvalue weighted by Gasteiger charge is 2.19. The average Bonchev–Trinajstić information content (AvgIpc) is 2.35. The van der Waals surface area contributed by atoms with Gasteiger partial charge in [0, 0.05) is 4.47 Å². The van der Waals surface area contributed by atoms with Crippen LogP contribution in [0, 0.1) is 5.82 Å². The molecule has 0 fully saturated rings. The molecule has 3 N–H and O–H groups in total. The highest BCUT2D eigenvalue weighted by Crippen LogP contribution is 2.25. The normalized spacial score (nSPS) is 11.3. The molecule has 0 aromatic heterocycles. The van der Waals surface area contributed by atoms with Crippen LogP contribution in [0.2, 0.25) is 0 Å². The molecule has 0 atom stereocenters. The standard InChI is InChI=1S/C12H10BrFN2O2S/c13-8-5-6-10(15)12(7-8)19(17,18)16-11-4-2-1-3-9(11)14/h1-7,16H,15H2. The minimum Gasteiger partial charge on any atom is -0.398 e. The van der Waals surface area contributed by atoms with E-state index in [-0.39, 0.29) is 16.3 Å². The molecular formula is C12H10BrFN2O2S. The summed E-state index contributed by atoms with van der Waals surface area (Å²) in [4.78, 5) is -0.106. The fourth-order valence-corrected chi connectivity index (χ4v) is 3.22. The fourth-order valence-electron chi connectivity index (χ4n) is 1.48. The molecule has 0 aliphatic carbocycles. The number of halogens is 2. The van der Waals surface area contributed by atoms with Crippen LogP contribution in [0.1, 0.15) is 0 Å². The molecule has 19 heavy (non-hydrogen) atoms. The van der Waals surface area contributed by atoms with Crippen LogP contribution in [-0.4, -0.2) is 8.42 Å². The van der Waals surface area contributed by atoms with E-state index >= 15 is 0 Å². The summed E-state index contributed by atoms with van der Waals surface area (Å²) in [5.74, 6) is -0.653. The van der Waals surface area contributed by atoms with Crippen molar-refractivity contribution >= 4 is 37.3 Å². The van der Waals surface area contributed by atoms with Gasteiger partial charge in [0.1, 0.15) is 10.7 Å². The van der Waals surface area contributed by atoms with E-state index in [1.807, 2.05) is 0 Å². The van der Waals surface area contributed by atoms with Crippen LogP contribution in [0.3, 0.4) is 0 Å². The second-order valence-electron chi connectivity index (χ2n) is 3.77. The molecule has 0 unspecified atom stereocenters. The van der Waals surface area contributed by atoms with Gasteiger partial charge in [0.15, 0.2) is 0 Å². The number of sulfonamides is 1. The summed E-state index contributed by atoms with van der Waals surface area (Å²) in [5.41, 5.74) is 5.60. The lowest BCUT2D eigenvalue weighted by Crippen LogP contribution is -2.15. The first-order valence-electron chi connectivity index (χ1n) is 5.22. The summed E-state index contributed by atoms with van der Waals surface area (Å²) in [5, 5.41) is 0. The number of nitrogens with two attached hydrogens (primary N) is 1. The molecule has 2 rings (SSSR count). The van der Waals surface area contributed by atoms with E-state index in [1.54, 1.807) is 6.07 Å². The van der Waals surface area contributed by atoms with Crippen molar-refractivity contribution in [3.63, 3.8) is 0 Å². The van der Waals surface area contributed by atoms with Crippen molar-refractivity contribution in [1.82, 2.24) is 0 Å². The summed E-state index contributed by atoms with van der Waals surface area (Å²) in [6.45, 7) is 0. The number of nitrogens with one attached hydrogen (secondary N) is 1. The molecule has 0 spiro atoms. The van der Waals surface area contributed by atoms with Gasteiger partial charge in [-0.2, -0.15) is 0 Å². The lowest BCUT2D eigenvalue weighted by molar-refractivity contribution is 0.599. The van der Waals surface area contributed by atoms with Crippen LogP contribution in [0.25, 0.3) is 0 Å². The summed E-state index contributed by atoms with van der Waals surface area (Å²) in [7, 11) is -3.93. The molecule has 100 valence electrons. The Kier molecular flexibility index (Phi) is 3.77. The van der Waals surface area contributed by atoms with E-state index < -0.39 is 15.8 Å². The minimum absolute atomic E-state index is 0.0899. The SMILES string of the molecule is Nc1ccc(Br)cc1S(=O)(=O)Nc1ccccc1F. The van der Waals surface area contributed by atoms with Crippen molar-refractivity contribution in [3.05, 3.63) is 52.8 Å². The maximum Gasteiger partial charge on any atom is 0.264 e. The highest BCUT2D eigenvalue weighted by molar-refractivity contribution is 9.10. The van der Waals surface area contributed by atoms with E-state index in [0.717, 1.165) is 0 Å². The summed E-state index contributed by atoms with van der Waals surface area (Å²) in [6.07, 6.45) is 0. The second kappa shape index (κ2) is 5.18. The number of hydrogen-bond acceptors (Lipinski definition) is 3. The third kappa shape index (κ3) is 3.05. The van der Waals surface area contributed by atoms with Gasteiger partial charge in [-0.25, -0.2) is 12.8 Å². The van der Waals surface area contributed by atoms with Gasteiger partial charge in [0.25, 0.3) is 10.0 Å². The first-order chi connectivity index (χ1) is 8.90. The maximum atomic E-state index is 13.4. The minimum atomic E-state index is -3.93. The first kappa shape index (κ1) is 13.8. The number of rotatable bonds is 3. The van der Waals surface area contributed by atoms with Gasteiger partial charge in [-0.3, -0.25) is 4.72 Å². The van der Waals surface area contributed by atoms with Crippen molar-refractivity contribution in [2.75, 3.05) is 10.5 Å². The van der Waals surface area contributed by atoms with Crippen molar-refractivity contribution in [1.29, 1.82) is 0 Å². The molecule has 0 heterocycles. The Bertz CT molecular complexity index is 719. The van der Waals surface area contributed by atoms with Crippen molar-refractivity contribution < 1.29 is 12.8 Å². The Morgan fingerprint density at radius 1 is 1.16 bits per heavy atom. The van der Waals surface area contributed by atoms with Gasteiger partial charge in [-0.05, 0) is 30.3 Å². The van der Waals surface area contributed by atoms with Gasteiger partial charge in [0.05, 0.1) is 11.4 Å². The number of nitrogen functional groups attached to an aromatic ring is 1. The van der Waals surface area contributed by atoms with Crippen molar-refractivity contribution in [2.45, 2.75) is 4.90 Å². The molecule has 0 amide bonds. The van der Waals surface area contributed by atoms with Crippen LogP contribution >= 0.6 is 15.9 Å². The van der Waals surface area contributed by atoms with E-state index in [2.05, 4.69) is 20.7 Å². The highest BCUT2D eigenvalue weighted by atomic mass is 79.9. The van der Waals surface area contributed by atoms with Gasteiger partial charge in [-0.1, -0.05) is 28.1 Å². The monoisotopic (exact) mass is 344 g/mol. The predicted molar refractivity (Wildman–Crippen MR) is 75.8 cm³/mol. The van der Waals surface area contributed by atoms with Crippen LogP contribution < -0.4 is 10.5 Å². The fraction of sp³-hybridized carbons (Fsp3) is 0. The molecule has 2 aromatic rings. The van der Waals surface area contributed by atoms with E-state index in [9.17, 15) is 12.8 Å². The van der Waals surface area contributed by atoms with Crippen LogP contribution in [0.4, 0.5) is 15.8 Å². The van der Waals surface area contributed by atoms with Gasteiger partial charge in [0.2, 0.25) is 0 Å². The molecule has 0 bridgehead atoms. The Morgan fingerprint density at radius 3 is 2.53 bits per heavy atom. The largest absolute Gasteiger partial charge is 0.398 e. The van der Waals surface area contributed by atoms with Gasteiger partial charge >= 0.3 is 0 Å². The molecule has 4 nitrogen and oxygen atoms in total. The third-order valence-corrected chi connectivity index (χ3v) is 4.30. The smallest absolute Gasteiger partial charge is 0.264 e. The lowest BCUT2D eigenvalue weighted by Gasteiger charge is -2.11. The van der Waals surface area contributed by atoms with Crippen LogP contribution in [0.5, 0.6) is 0 Å². The summed E-state index contributed by atoms with van der Waals surface area (Å²) >= 11 is 3.17. The molecule has 0 saturated carbocycles. The Balaban J connectivity index is 2.44. The zero-order valence-corrected chi connectivity index (χ0v) is 12.0. The van der Waals surface area contributed by atoms with E-state index in [1.165, 1.54) is 36.4 Å². The molecule has 0 radical (unpaired) electrons. The quantitative estimate of drug-likeness (QED) is 0.840. The predicted octanol–water partition coefficient (Wildman–Crippen LogP) is 2.97. The van der Waals surface area contributed by atoms with E-state index in [0.29, 0.717) is 4.47 Å². The first-order valence-corrected chi connectivity index (χ1v) is 7.50. The zero-order valence-electron chi connectivity index (χ0n) is 9.60. The molecule has 2 aromatic carbocycles. The Hall–Kier alpha value is -1.60. The Morgan fingerprint density at radius 2 is 1.84 bits per heavy atom. The topological polar surface area (TPSA) is 72.2 Å². The van der Waals surface area contributed by atoms with Crippen LogP contribution in [0.15, 0.2) is 51.8 Å². The van der Waals surface area contributed by atoms with E-state index in [4.69, 9.17) is 5.73 Å². The summed E-state index contributed by atoms with van der Waals surface area (Å²) < 4.78 is 40.5. The molecular weight excluding hydrogens is 335 g/mol. The van der Waals surface area contributed by atoms with Gasteiger partial charge < -0.3 is 5.73 Å². The molecule has 0 aliphatic heterocycles. The number of para-hydroxylation sites is 1. The lowest BCUT2D eigenvalue weighted by atomic mass is 10.3. The molecule has 7 heteroatoms. The summed E-state index contributed by atoms with van der Waals surface area (Å²) in [6, 6.07) is 9.95. The van der Waals surface area contributed by atoms with Crippen LogP contribution in [-0.2, 0) is 10.0 Å². The maximum absolute atomic E-state index is 13.4. The number of hydrogen-bond donors (Lipinski definition) is 2. The third-order valence-electron chi connectivity index (χ3n) is 2.38. The number of anilines is 2. The average molecular weight is 345 g/mol. The zero-order chi connectivity index (χ0) is 14.0. The number of benzene rings is 2.